The summed E-state index contributed by atoms with van der Waals surface area (Å²) in [6.07, 6.45) is 2.24. The Kier molecular flexibility index (Phi) is 2.80. The van der Waals surface area contributed by atoms with Crippen LogP contribution in [-0.4, -0.2) is 22.8 Å². The second-order valence-electron chi connectivity index (χ2n) is 4.90. The molecule has 0 spiro atoms. The van der Waals surface area contributed by atoms with Crippen LogP contribution in [0.2, 0.25) is 0 Å². The minimum Gasteiger partial charge on any atom is -0.504 e. The molecule has 0 bridgehead atoms. The van der Waals surface area contributed by atoms with Crippen LogP contribution in [0.25, 0.3) is 0 Å². The molecule has 1 aromatic carbocycles. The molecule has 0 unspecified atom stereocenters. The SMILES string of the molecule is C[C@H]1NCCC[C@]1(C)c1ccc(O)c(O)c1. The molecule has 3 heteroatoms. The molecule has 1 fully saturated rings. The van der Waals surface area contributed by atoms with Crippen LogP contribution in [0, 0.1) is 0 Å². The van der Waals surface area contributed by atoms with Crippen LogP contribution in [0.4, 0.5) is 0 Å². The van der Waals surface area contributed by atoms with E-state index in [1.54, 1.807) is 12.1 Å². The van der Waals surface area contributed by atoms with Gasteiger partial charge in [0.05, 0.1) is 0 Å². The lowest BCUT2D eigenvalue weighted by molar-refractivity contribution is 0.260. The Balaban J connectivity index is 2.37. The number of nitrogens with one attached hydrogen (secondary N) is 1. The van der Waals surface area contributed by atoms with Gasteiger partial charge in [-0.2, -0.15) is 0 Å². The lowest BCUT2D eigenvalue weighted by Crippen LogP contribution is -2.49. The summed E-state index contributed by atoms with van der Waals surface area (Å²) in [5.74, 6) is -0.0831. The number of aromatic hydroxyl groups is 2. The van der Waals surface area contributed by atoms with E-state index in [4.69, 9.17) is 0 Å². The Labute approximate surface area is 96.1 Å². The van der Waals surface area contributed by atoms with Crippen LogP contribution in [0.3, 0.4) is 0 Å². The maximum absolute atomic E-state index is 9.56. The highest BCUT2D eigenvalue weighted by molar-refractivity contribution is 5.43. The molecule has 88 valence electrons. The Morgan fingerprint density at radius 3 is 2.69 bits per heavy atom. The maximum Gasteiger partial charge on any atom is 0.157 e. The van der Waals surface area contributed by atoms with Crippen LogP contribution in [0.15, 0.2) is 18.2 Å². The van der Waals surface area contributed by atoms with Gasteiger partial charge in [-0.25, -0.2) is 0 Å². The quantitative estimate of drug-likeness (QED) is 0.637. The smallest absolute Gasteiger partial charge is 0.157 e. The molecule has 0 aromatic heterocycles. The average molecular weight is 221 g/mol. The van der Waals surface area contributed by atoms with Gasteiger partial charge in [-0.15, -0.1) is 0 Å². The molecule has 3 N–H and O–H groups in total. The van der Waals surface area contributed by atoms with Gasteiger partial charge in [-0.05, 0) is 44.0 Å². The van der Waals surface area contributed by atoms with E-state index in [2.05, 4.69) is 19.2 Å². The monoisotopic (exact) mass is 221 g/mol. The average Bonchev–Trinajstić information content (AvgIpc) is 2.26. The number of hydrogen-bond acceptors (Lipinski definition) is 3. The molecule has 2 rings (SSSR count). The van der Waals surface area contributed by atoms with E-state index in [0.717, 1.165) is 24.9 Å². The van der Waals surface area contributed by atoms with Crippen molar-refractivity contribution in [3.63, 3.8) is 0 Å². The summed E-state index contributed by atoms with van der Waals surface area (Å²) in [6, 6.07) is 5.53. The van der Waals surface area contributed by atoms with Gasteiger partial charge in [0.25, 0.3) is 0 Å². The molecule has 0 aliphatic carbocycles. The van der Waals surface area contributed by atoms with Crippen molar-refractivity contribution in [1.29, 1.82) is 0 Å². The van der Waals surface area contributed by atoms with E-state index < -0.39 is 0 Å². The van der Waals surface area contributed by atoms with Crippen LogP contribution >= 0.6 is 0 Å². The molecule has 1 aromatic rings. The van der Waals surface area contributed by atoms with Gasteiger partial charge in [-0.1, -0.05) is 13.0 Å². The molecule has 1 saturated heterocycles. The largest absolute Gasteiger partial charge is 0.504 e. The lowest BCUT2D eigenvalue weighted by atomic mass is 9.71. The summed E-state index contributed by atoms with van der Waals surface area (Å²) in [4.78, 5) is 0. The van der Waals surface area contributed by atoms with Crippen LogP contribution in [-0.2, 0) is 5.41 Å². The number of phenols is 2. The third kappa shape index (κ3) is 1.76. The standard InChI is InChI=1S/C13H19NO2/c1-9-13(2,6-3-7-14-9)10-4-5-11(15)12(16)8-10/h4-5,8-9,14-16H,3,6-7H2,1-2H3/t9-,13+/m1/s1. The summed E-state index contributed by atoms with van der Waals surface area (Å²) in [5.41, 5.74) is 1.12. The van der Waals surface area contributed by atoms with Crippen molar-refractivity contribution in [1.82, 2.24) is 5.32 Å². The van der Waals surface area contributed by atoms with Gasteiger partial charge < -0.3 is 15.5 Å². The second kappa shape index (κ2) is 3.98. The van der Waals surface area contributed by atoms with E-state index in [0.29, 0.717) is 6.04 Å². The number of rotatable bonds is 1. The van der Waals surface area contributed by atoms with E-state index in [1.807, 2.05) is 6.07 Å². The Morgan fingerprint density at radius 1 is 1.31 bits per heavy atom. The Bertz CT molecular complexity index is 392. The fraction of sp³-hybridized carbons (Fsp3) is 0.538. The zero-order valence-corrected chi connectivity index (χ0v) is 9.83. The van der Waals surface area contributed by atoms with Crippen molar-refractivity contribution in [2.75, 3.05) is 6.54 Å². The third-order valence-corrected chi connectivity index (χ3v) is 3.91. The number of piperidine rings is 1. The summed E-state index contributed by atoms with van der Waals surface area (Å²) in [6.45, 7) is 5.43. The maximum atomic E-state index is 9.56. The molecule has 0 amide bonds. The molecule has 16 heavy (non-hydrogen) atoms. The first kappa shape index (κ1) is 11.3. The zero-order valence-electron chi connectivity index (χ0n) is 9.83. The fourth-order valence-corrected chi connectivity index (χ4v) is 2.49. The summed E-state index contributed by atoms with van der Waals surface area (Å²) in [5, 5.41) is 22.3. The van der Waals surface area contributed by atoms with Gasteiger partial charge in [0, 0.05) is 11.5 Å². The topological polar surface area (TPSA) is 52.5 Å². The Morgan fingerprint density at radius 2 is 2.06 bits per heavy atom. The van der Waals surface area contributed by atoms with Gasteiger partial charge in [-0.3, -0.25) is 0 Å². The number of hydrogen-bond donors (Lipinski definition) is 3. The van der Waals surface area contributed by atoms with Crippen LogP contribution in [0.5, 0.6) is 11.5 Å². The summed E-state index contributed by atoms with van der Waals surface area (Å²) >= 11 is 0. The van der Waals surface area contributed by atoms with Gasteiger partial charge in [0.2, 0.25) is 0 Å². The van der Waals surface area contributed by atoms with E-state index in [-0.39, 0.29) is 16.9 Å². The van der Waals surface area contributed by atoms with Crippen molar-refractivity contribution in [2.24, 2.45) is 0 Å². The summed E-state index contributed by atoms with van der Waals surface area (Å²) in [7, 11) is 0. The molecule has 1 heterocycles. The predicted molar refractivity (Wildman–Crippen MR) is 63.8 cm³/mol. The van der Waals surface area contributed by atoms with E-state index in [9.17, 15) is 10.2 Å². The Hall–Kier alpha value is -1.22. The predicted octanol–water partition coefficient (Wildman–Crippen LogP) is 2.13. The van der Waals surface area contributed by atoms with E-state index in [1.165, 1.54) is 0 Å². The fourth-order valence-electron chi connectivity index (χ4n) is 2.49. The van der Waals surface area contributed by atoms with Crippen LogP contribution < -0.4 is 5.32 Å². The highest BCUT2D eigenvalue weighted by Crippen LogP contribution is 2.38. The minimum atomic E-state index is -0.0521. The van der Waals surface area contributed by atoms with Gasteiger partial charge in [0.15, 0.2) is 11.5 Å². The molecular formula is C13H19NO2. The first-order valence-corrected chi connectivity index (χ1v) is 5.80. The molecule has 0 saturated carbocycles. The number of phenolic OH excluding ortho intramolecular Hbond substituents is 2. The van der Waals surface area contributed by atoms with Gasteiger partial charge >= 0.3 is 0 Å². The van der Waals surface area contributed by atoms with Crippen molar-refractivity contribution in [2.45, 2.75) is 38.1 Å². The molecule has 3 nitrogen and oxygen atoms in total. The van der Waals surface area contributed by atoms with Crippen molar-refractivity contribution < 1.29 is 10.2 Å². The first-order chi connectivity index (χ1) is 7.54. The molecule has 1 aliphatic rings. The second-order valence-corrected chi connectivity index (χ2v) is 4.90. The van der Waals surface area contributed by atoms with Crippen LogP contribution in [0.1, 0.15) is 32.3 Å². The number of benzene rings is 1. The molecule has 1 aliphatic heterocycles. The third-order valence-electron chi connectivity index (χ3n) is 3.91. The first-order valence-electron chi connectivity index (χ1n) is 5.80. The van der Waals surface area contributed by atoms with Crippen molar-refractivity contribution in [3.8, 4) is 11.5 Å². The highest BCUT2D eigenvalue weighted by atomic mass is 16.3. The van der Waals surface area contributed by atoms with Crippen molar-refractivity contribution >= 4 is 0 Å². The van der Waals surface area contributed by atoms with Crippen molar-refractivity contribution in [3.05, 3.63) is 23.8 Å². The lowest BCUT2D eigenvalue weighted by Gasteiger charge is -2.41. The van der Waals surface area contributed by atoms with E-state index >= 15 is 0 Å². The molecular weight excluding hydrogens is 202 g/mol. The van der Waals surface area contributed by atoms with Gasteiger partial charge in [0.1, 0.15) is 0 Å². The molecule has 0 radical (unpaired) electrons. The highest BCUT2D eigenvalue weighted by Gasteiger charge is 2.35. The minimum absolute atomic E-state index is 0.0310. The molecule has 2 atom stereocenters. The normalized spacial score (nSPS) is 30.2. The summed E-state index contributed by atoms with van der Waals surface area (Å²) < 4.78 is 0. The zero-order chi connectivity index (χ0) is 11.8.